The third-order valence-corrected chi connectivity index (χ3v) is 4.30. The Bertz CT molecular complexity index is 951. The van der Waals surface area contributed by atoms with Crippen molar-refractivity contribution in [3.8, 4) is 5.69 Å². The molecule has 0 fully saturated rings. The van der Waals surface area contributed by atoms with E-state index in [1.807, 2.05) is 0 Å². The second kappa shape index (κ2) is 6.83. The van der Waals surface area contributed by atoms with Gasteiger partial charge in [0.25, 0.3) is 0 Å². The molecule has 2 heterocycles. The molecular formula is C15H10F4N4O2S. The van der Waals surface area contributed by atoms with Crippen molar-refractivity contribution in [2.75, 3.05) is 0 Å². The fraction of sp³-hybridized carbons (Fsp3) is 0.200. The Balaban J connectivity index is 1.96. The van der Waals surface area contributed by atoms with Crippen LogP contribution in [0.25, 0.3) is 5.69 Å². The quantitative estimate of drug-likeness (QED) is 0.507. The standard InChI is InChI=1S/C15H10F4N4O2S/c1-8-11(26-7-20-8)6-25-14(24)12-13(15(17,18)19)23(22-21-12)10-5-3-2-4-9(10)16/h2-5,7H,6H2,1H3. The first-order valence-corrected chi connectivity index (χ1v) is 8.01. The van der Waals surface area contributed by atoms with Gasteiger partial charge in [-0.3, -0.25) is 0 Å². The number of nitrogens with zero attached hydrogens (tertiary/aromatic N) is 4. The van der Waals surface area contributed by atoms with E-state index in [2.05, 4.69) is 15.3 Å². The first kappa shape index (κ1) is 18.0. The number of thiazole rings is 1. The molecule has 0 spiro atoms. The largest absolute Gasteiger partial charge is 0.455 e. The van der Waals surface area contributed by atoms with Crippen molar-refractivity contribution in [1.29, 1.82) is 0 Å². The van der Waals surface area contributed by atoms with Crippen LogP contribution in [0.3, 0.4) is 0 Å². The zero-order chi connectivity index (χ0) is 18.9. The molecule has 11 heteroatoms. The van der Waals surface area contributed by atoms with Gasteiger partial charge in [0.05, 0.1) is 16.1 Å². The Labute approximate surface area is 148 Å². The van der Waals surface area contributed by atoms with Crippen LogP contribution in [0.4, 0.5) is 17.6 Å². The zero-order valence-corrected chi connectivity index (χ0v) is 13.9. The van der Waals surface area contributed by atoms with E-state index < -0.39 is 35.0 Å². The van der Waals surface area contributed by atoms with Gasteiger partial charge in [0, 0.05) is 0 Å². The lowest BCUT2D eigenvalue weighted by molar-refractivity contribution is -0.143. The summed E-state index contributed by atoms with van der Waals surface area (Å²) in [5, 5.41) is 6.56. The van der Waals surface area contributed by atoms with E-state index in [0.717, 1.165) is 12.1 Å². The van der Waals surface area contributed by atoms with Crippen molar-refractivity contribution < 1.29 is 27.1 Å². The number of aryl methyl sites for hydroxylation is 1. The first-order valence-electron chi connectivity index (χ1n) is 7.13. The summed E-state index contributed by atoms with van der Waals surface area (Å²) >= 11 is 1.20. The maximum absolute atomic E-state index is 13.9. The second-order valence-corrected chi connectivity index (χ2v) is 6.02. The van der Waals surface area contributed by atoms with Crippen molar-refractivity contribution >= 4 is 17.3 Å². The number of esters is 1. The molecular weight excluding hydrogens is 376 g/mol. The van der Waals surface area contributed by atoms with Gasteiger partial charge in [-0.1, -0.05) is 17.3 Å². The van der Waals surface area contributed by atoms with Crippen LogP contribution < -0.4 is 0 Å². The van der Waals surface area contributed by atoms with Gasteiger partial charge in [-0.25, -0.2) is 18.9 Å². The van der Waals surface area contributed by atoms with E-state index in [1.54, 1.807) is 6.92 Å². The van der Waals surface area contributed by atoms with Gasteiger partial charge >= 0.3 is 12.1 Å². The molecule has 1 aromatic carbocycles. The molecule has 0 unspecified atom stereocenters. The maximum Gasteiger partial charge on any atom is 0.436 e. The topological polar surface area (TPSA) is 69.9 Å². The van der Waals surface area contributed by atoms with Crippen molar-refractivity contribution in [3.63, 3.8) is 0 Å². The second-order valence-electron chi connectivity index (χ2n) is 5.08. The van der Waals surface area contributed by atoms with Gasteiger partial charge in [0.1, 0.15) is 18.1 Å². The van der Waals surface area contributed by atoms with Gasteiger partial charge in [-0.2, -0.15) is 13.2 Å². The van der Waals surface area contributed by atoms with Gasteiger partial charge in [-0.15, -0.1) is 16.4 Å². The monoisotopic (exact) mass is 386 g/mol. The van der Waals surface area contributed by atoms with Gasteiger partial charge in [0.2, 0.25) is 5.69 Å². The molecule has 0 N–H and O–H groups in total. The number of carbonyl (C=O) groups is 1. The molecule has 0 amide bonds. The Kier molecular flexibility index (Phi) is 4.72. The molecule has 0 saturated heterocycles. The molecule has 3 aromatic rings. The Morgan fingerprint density at radius 3 is 2.65 bits per heavy atom. The number of carbonyl (C=O) groups excluding carboxylic acids is 1. The van der Waals surface area contributed by atoms with E-state index in [4.69, 9.17) is 4.74 Å². The highest BCUT2D eigenvalue weighted by atomic mass is 32.1. The fourth-order valence-electron chi connectivity index (χ4n) is 2.13. The van der Waals surface area contributed by atoms with E-state index >= 15 is 0 Å². The van der Waals surface area contributed by atoms with E-state index in [0.29, 0.717) is 10.6 Å². The maximum atomic E-state index is 13.9. The molecule has 26 heavy (non-hydrogen) atoms. The Morgan fingerprint density at radius 1 is 1.31 bits per heavy atom. The fourth-order valence-corrected chi connectivity index (χ4v) is 2.82. The van der Waals surface area contributed by atoms with Crippen LogP contribution in [-0.4, -0.2) is 25.9 Å². The van der Waals surface area contributed by atoms with Crippen LogP contribution in [0.15, 0.2) is 29.8 Å². The van der Waals surface area contributed by atoms with Crippen LogP contribution in [0.5, 0.6) is 0 Å². The zero-order valence-electron chi connectivity index (χ0n) is 13.1. The number of para-hydroxylation sites is 1. The van der Waals surface area contributed by atoms with Crippen molar-refractivity contribution in [1.82, 2.24) is 20.0 Å². The molecule has 6 nitrogen and oxygen atoms in total. The average molecular weight is 386 g/mol. The SMILES string of the molecule is Cc1ncsc1COC(=O)c1nnn(-c2ccccc2F)c1C(F)(F)F. The molecule has 2 aromatic heterocycles. The summed E-state index contributed by atoms with van der Waals surface area (Å²) in [4.78, 5) is 16.6. The molecule has 0 aliphatic rings. The van der Waals surface area contributed by atoms with E-state index in [1.165, 1.54) is 29.0 Å². The molecule has 0 radical (unpaired) electrons. The number of rotatable bonds is 4. The average Bonchev–Trinajstić information content (AvgIpc) is 3.19. The van der Waals surface area contributed by atoms with Gasteiger partial charge in [-0.05, 0) is 19.1 Å². The Morgan fingerprint density at radius 2 is 2.04 bits per heavy atom. The molecule has 136 valence electrons. The number of aromatic nitrogens is 4. The van der Waals surface area contributed by atoms with Crippen molar-refractivity contribution in [3.05, 3.63) is 57.6 Å². The summed E-state index contributed by atoms with van der Waals surface area (Å²) in [7, 11) is 0. The summed E-state index contributed by atoms with van der Waals surface area (Å²) in [5.41, 5.74) is -0.899. The van der Waals surface area contributed by atoms with Crippen LogP contribution in [-0.2, 0) is 17.5 Å². The molecule has 3 rings (SSSR count). The molecule has 0 atom stereocenters. The van der Waals surface area contributed by atoms with Gasteiger partial charge in [0.15, 0.2) is 5.69 Å². The number of alkyl halides is 3. The van der Waals surface area contributed by atoms with Crippen LogP contribution in [0.1, 0.15) is 26.8 Å². The number of benzene rings is 1. The predicted octanol–water partition coefficient (Wildman–Crippen LogP) is 3.55. The smallest absolute Gasteiger partial charge is 0.436 e. The first-order chi connectivity index (χ1) is 12.3. The van der Waals surface area contributed by atoms with Crippen molar-refractivity contribution in [2.45, 2.75) is 19.7 Å². The number of ether oxygens (including phenoxy) is 1. The molecule has 0 aliphatic carbocycles. The summed E-state index contributed by atoms with van der Waals surface area (Å²) in [6.45, 7) is 1.43. The minimum atomic E-state index is -5.00. The highest BCUT2D eigenvalue weighted by Crippen LogP contribution is 2.33. The van der Waals surface area contributed by atoms with E-state index in [9.17, 15) is 22.4 Å². The highest BCUT2D eigenvalue weighted by molar-refractivity contribution is 7.09. The summed E-state index contributed by atoms with van der Waals surface area (Å²) in [6.07, 6.45) is -5.00. The van der Waals surface area contributed by atoms with Crippen LogP contribution >= 0.6 is 11.3 Å². The van der Waals surface area contributed by atoms with Crippen molar-refractivity contribution in [2.24, 2.45) is 0 Å². The summed E-state index contributed by atoms with van der Waals surface area (Å²) in [6, 6.07) is 4.72. The van der Waals surface area contributed by atoms with Crippen LogP contribution in [0, 0.1) is 12.7 Å². The van der Waals surface area contributed by atoms with Gasteiger partial charge < -0.3 is 4.74 Å². The molecule has 0 bridgehead atoms. The summed E-state index contributed by atoms with van der Waals surface area (Å²) in [5.74, 6) is -2.25. The van der Waals surface area contributed by atoms with E-state index in [-0.39, 0.29) is 11.3 Å². The predicted molar refractivity (Wildman–Crippen MR) is 82.3 cm³/mol. The third kappa shape index (κ3) is 3.43. The Hall–Kier alpha value is -2.82. The lowest BCUT2D eigenvalue weighted by Crippen LogP contribution is -2.19. The number of halogens is 4. The highest BCUT2D eigenvalue weighted by Gasteiger charge is 2.43. The normalized spacial score (nSPS) is 11.6. The molecule has 0 saturated carbocycles. The lowest BCUT2D eigenvalue weighted by atomic mass is 10.2. The minimum Gasteiger partial charge on any atom is -0.455 e. The number of hydrogen-bond donors (Lipinski definition) is 0. The molecule has 0 aliphatic heterocycles. The third-order valence-electron chi connectivity index (χ3n) is 3.39. The number of hydrogen-bond acceptors (Lipinski definition) is 6. The lowest BCUT2D eigenvalue weighted by Gasteiger charge is -2.11. The minimum absolute atomic E-state index is 0.240. The summed E-state index contributed by atoms with van der Waals surface area (Å²) < 4.78 is 59.4. The van der Waals surface area contributed by atoms with Crippen LogP contribution in [0.2, 0.25) is 0 Å².